The maximum Gasteiger partial charge on any atom is 1.00 e. The number of hydrogen-bond donors (Lipinski definition) is 0. The van der Waals surface area contributed by atoms with Crippen molar-refractivity contribution in [2.24, 2.45) is 0 Å². The van der Waals surface area contributed by atoms with Gasteiger partial charge < -0.3 is 14.0 Å². The molecular weight excluding hydrogens is 768 g/mol. The van der Waals surface area contributed by atoms with Crippen LogP contribution in [-0.4, -0.2) is 38.1 Å². The van der Waals surface area contributed by atoms with E-state index >= 15 is 0 Å². The van der Waals surface area contributed by atoms with Crippen molar-refractivity contribution in [1.29, 1.82) is 0 Å². The van der Waals surface area contributed by atoms with E-state index in [4.69, 9.17) is 9.47 Å². The summed E-state index contributed by atoms with van der Waals surface area (Å²) >= 11 is 0. The number of hydrogen-bond acceptors (Lipinski definition) is 7. The average molecular weight is 853 g/mol. The van der Waals surface area contributed by atoms with Gasteiger partial charge in [-0.05, 0) is 76.3 Å². The number of rotatable bonds is 41. The smallest absolute Gasteiger partial charge is 0.744 e. The second kappa shape index (κ2) is 41.9. The third kappa shape index (κ3) is 33.8. The second-order valence-corrected chi connectivity index (χ2v) is 17.7. The molecule has 1 rings (SSSR count). The van der Waals surface area contributed by atoms with Crippen LogP contribution in [0.4, 0.5) is 0 Å². The van der Waals surface area contributed by atoms with Gasteiger partial charge in [0.2, 0.25) is 0 Å². The molecule has 0 aromatic heterocycles. The Kier molecular flexibility index (Phi) is 40.9. The van der Waals surface area contributed by atoms with Crippen LogP contribution in [0.15, 0.2) is 47.4 Å². The summed E-state index contributed by atoms with van der Waals surface area (Å²) in [5.74, 6) is -1.82. The maximum atomic E-state index is 13.0. The Labute approximate surface area is 385 Å². The van der Waals surface area contributed by atoms with Gasteiger partial charge in [0.15, 0.2) is 0 Å². The van der Waals surface area contributed by atoms with Crippen LogP contribution in [0, 0.1) is 0 Å². The summed E-state index contributed by atoms with van der Waals surface area (Å²) < 4.78 is 46.8. The van der Waals surface area contributed by atoms with Gasteiger partial charge in [0.25, 0.3) is 0 Å². The summed E-state index contributed by atoms with van der Waals surface area (Å²) in [5.41, 5.74) is -0.791. The van der Waals surface area contributed by atoms with Gasteiger partial charge in [0.05, 0.1) is 29.2 Å². The molecule has 0 bridgehead atoms. The van der Waals surface area contributed by atoms with Crippen LogP contribution < -0.4 is 29.6 Å². The summed E-state index contributed by atoms with van der Waals surface area (Å²) in [6.45, 7) is 4.75. The van der Waals surface area contributed by atoms with Gasteiger partial charge in [-0.3, -0.25) is 0 Å². The molecule has 59 heavy (non-hydrogen) atoms. The molecule has 0 unspecified atom stereocenters. The van der Waals surface area contributed by atoms with E-state index in [9.17, 15) is 22.6 Å². The van der Waals surface area contributed by atoms with Crippen LogP contribution >= 0.6 is 0 Å². The molecule has 0 fully saturated rings. The van der Waals surface area contributed by atoms with Gasteiger partial charge in [0, 0.05) is 0 Å². The topological polar surface area (TPSA) is 110 Å². The molecule has 0 aliphatic rings. The predicted molar refractivity (Wildman–Crippen MR) is 242 cm³/mol. The van der Waals surface area contributed by atoms with Crippen molar-refractivity contribution < 1.29 is 61.6 Å². The average Bonchev–Trinajstić information content (AvgIpc) is 3.21. The normalized spacial score (nSPS) is 11.7. The fourth-order valence-corrected chi connectivity index (χ4v) is 8.05. The molecule has 0 radical (unpaired) electrons. The summed E-state index contributed by atoms with van der Waals surface area (Å²) in [6.07, 6.45) is 50.4. The van der Waals surface area contributed by atoms with Crippen LogP contribution in [0.25, 0.3) is 0 Å². The molecule has 0 spiro atoms. The first kappa shape index (κ1) is 57.5. The van der Waals surface area contributed by atoms with E-state index in [1.807, 2.05) is 0 Å². The minimum atomic E-state index is -5.02. The Balaban J connectivity index is 0.0000336. The summed E-state index contributed by atoms with van der Waals surface area (Å²) in [7, 11) is -5.02. The molecule has 1 aromatic carbocycles. The molecule has 0 aliphatic carbocycles. The summed E-state index contributed by atoms with van der Waals surface area (Å²) in [6, 6.07) is 3.62. The van der Waals surface area contributed by atoms with E-state index in [1.165, 1.54) is 147 Å². The first-order valence-corrected chi connectivity index (χ1v) is 25.5. The Hall–Kier alpha value is -1.45. The SMILES string of the molecule is CCCCCCCCCCCC/C=C/CCCCCCCOC(=O)c1cccc(S(=O)(=O)[O-])c1C(=O)OCCCCCCC/C=C/CCCCCCCCCCCC.[Na+]. The van der Waals surface area contributed by atoms with E-state index < -0.39 is 32.5 Å². The van der Waals surface area contributed by atoms with Crippen molar-refractivity contribution in [1.82, 2.24) is 0 Å². The molecule has 334 valence electrons. The van der Waals surface area contributed by atoms with E-state index in [1.54, 1.807) is 0 Å². The molecule has 0 amide bonds. The Bertz CT molecular complexity index is 1310. The second-order valence-electron chi connectivity index (χ2n) is 16.4. The molecule has 0 atom stereocenters. The first-order chi connectivity index (χ1) is 28.3. The Morgan fingerprint density at radius 2 is 0.780 bits per heavy atom. The third-order valence-corrected chi connectivity index (χ3v) is 11.9. The zero-order valence-corrected chi connectivity index (χ0v) is 41.1. The van der Waals surface area contributed by atoms with Crippen LogP contribution in [0.1, 0.15) is 253 Å². The van der Waals surface area contributed by atoms with Gasteiger partial charge in [-0.1, -0.05) is 198 Å². The van der Waals surface area contributed by atoms with Gasteiger partial charge in [0.1, 0.15) is 10.1 Å². The van der Waals surface area contributed by atoms with Gasteiger partial charge in [-0.25, -0.2) is 18.0 Å². The fourth-order valence-electron chi connectivity index (χ4n) is 7.36. The van der Waals surface area contributed by atoms with E-state index in [-0.39, 0.29) is 48.3 Å². The van der Waals surface area contributed by atoms with Crippen molar-refractivity contribution in [3.05, 3.63) is 53.6 Å². The molecule has 7 nitrogen and oxygen atoms in total. The fraction of sp³-hybridized carbons (Fsp3) is 0.760. The Morgan fingerprint density at radius 1 is 0.475 bits per heavy atom. The number of carbonyl (C=O) groups excluding carboxylic acids is 2. The minimum absolute atomic E-state index is 0. The zero-order chi connectivity index (χ0) is 42.2. The molecule has 0 saturated heterocycles. The summed E-state index contributed by atoms with van der Waals surface area (Å²) in [4.78, 5) is 25.2. The van der Waals surface area contributed by atoms with Crippen molar-refractivity contribution in [2.45, 2.75) is 237 Å². The van der Waals surface area contributed by atoms with E-state index in [0.717, 1.165) is 76.7 Å². The molecule has 0 N–H and O–H groups in total. The van der Waals surface area contributed by atoms with E-state index in [0.29, 0.717) is 12.8 Å². The van der Waals surface area contributed by atoms with Crippen LogP contribution in [0.2, 0.25) is 0 Å². The summed E-state index contributed by atoms with van der Waals surface area (Å²) in [5, 5.41) is 0. The molecular formula is C50H85NaO7S. The standard InChI is InChI=1S/C50H86O7S.Na/c1-3-5-7-9-11-13-15-17-19-21-23-25-27-29-31-33-35-37-39-44-56-49(51)46-42-41-43-47(58(53,54)55)48(46)50(52)57-45-40-38-36-34-32-30-28-26-24-22-20-18-16-14-12-10-8-6-4-2;/h25-28,41-43H,3-24,29-40,44-45H2,1-2H3,(H,53,54,55);/q;+1/p-1/b27-25+,28-26+;. The first-order valence-electron chi connectivity index (χ1n) is 24.1. The quantitative estimate of drug-likeness (QED) is 0.0212. The third-order valence-electron chi connectivity index (χ3n) is 11.0. The molecule has 0 saturated carbocycles. The van der Waals surface area contributed by atoms with Gasteiger partial charge in [-0.15, -0.1) is 0 Å². The van der Waals surface area contributed by atoms with Crippen molar-refractivity contribution in [3.8, 4) is 0 Å². The number of allylic oxidation sites excluding steroid dienone is 4. The number of unbranched alkanes of at least 4 members (excludes halogenated alkanes) is 30. The number of benzene rings is 1. The zero-order valence-electron chi connectivity index (χ0n) is 38.3. The van der Waals surface area contributed by atoms with Gasteiger partial charge in [-0.2, -0.15) is 0 Å². The Morgan fingerprint density at radius 3 is 1.12 bits per heavy atom. The largest absolute Gasteiger partial charge is 1.00 e. The van der Waals surface area contributed by atoms with E-state index in [2.05, 4.69) is 38.2 Å². The molecule has 1 aromatic rings. The maximum absolute atomic E-state index is 13.0. The molecule has 9 heteroatoms. The molecule has 0 heterocycles. The van der Waals surface area contributed by atoms with Crippen molar-refractivity contribution in [2.75, 3.05) is 13.2 Å². The minimum Gasteiger partial charge on any atom is -0.744 e. The predicted octanol–water partition coefficient (Wildman–Crippen LogP) is 12.3. The monoisotopic (exact) mass is 853 g/mol. The van der Waals surface area contributed by atoms with Crippen molar-refractivity contribution in [3.63, 3.8) is 0 Å². The van der Waals surface area contributed by atoms with Crippen LogP contribution in [-0.2, 0) is 19.6 Å². The molecule has 0 aliphatic heterocycles. The van der Waals surface area contributed by atoms with Crippen LogP contribution in [0.5, 0.6) is 0 Å². The van der Waals surface area contributed by atoms with Crippen LogP contribution in [0.3, 0.4) is 0 Å². The number of carbonyl (C=O) groups is 2. The van der Waals surface area contributed by atoms with Gasteiger partial charge >= 0.3 is 41.5 Å². The van der Waals surface area contributed by atoms with Crippen molar-refractivity contribution >= 4 is 22.1 Å². The number of esters is 2. The number of ether oxygens (including phenoxy) is 2.